The molecule has 0 aliphatic carbocycles. The highest BCUT2D eigenvalue weighted by Crippen LogP contribution is 2.47. The van der Waals surface area contributed by atoms with Crippen LogP contribution in [0, 0.1) is 11.6 Å². The van der Waals surface area contributed by atoms with Crippen molar-refractivity contribution in [3.05, 3.63) is 48.1 Å². The van der Waals surface area contributed by atoms with Crippen molar-refractivity contribution < 1.29 is 35.9 Å². The first-order chi connectivity index (χ1) is 23.2. The Morgan fingerprint density at radius 1 is 1.22 bits per heavy atom. The lowest BCUT2D eigenvalue weighted by molar-refractivity contribution is -0.137. The Kier molecular flexibility index (Phi) is 8.16. The maximum Gasteiger partial charge on any atom is 0.417 e. The second-order valence-electron chi connectivity index (χ2n) is 13.1. The number of alkyl halides is 4. The molecule has 7 rings (SSSR count). The van der Waals surface area contributed by atoms with E-state index < -0.39 is 52.2 Å². The number of halogens is 6. The van der Waals surface area contributed by atoms with E-state index in [1.54, 1.807) is 16.8 Å². The van der Waals surface area contributed by atoms with Crippen molar-refractivity contribution in [3.63, 3.8) is 0 Å². The van der Waals surface area contributed by atoms with Crippen LogP contribution in [0.1, 0.15) is 38.2 Å². The van der Waals surface area contributed by atoms with Gasteiger partial charge in [0.2, 0.25) is 5.91 Å². The van der Waals surface area contributed by atoms with Crippen LogP contribution in [0.3, 0.4) is 0 Å². The molecule has 0 bridgehead atoms. The van der Waals surface area contributed by atoms with Gasteiger partial charge in [-0.05, 0) is 57.0 Å². The summed E-state index contributed by atoms with van der Waals surface area (Å²) in [5.74, 6) is -2.44. The summed E-state index contributed by atoms with van der Waals surface area (Å²) in [6.45, 7) is 6.57. The van der Waals surface area contributed by atoms with Gasteiger partial charge in [-0.25, -0.2) is 18.2 Å². The summed E-state index contributed by atoms with van der Waals surface area (Å²) < 4.78 is 96.7. The number of ether oxygens (including phenoxy) is 1. The molecule has 3 aliphatic heterocycles. The number of thiazole rings is 1. The molecule has 16 heteroatoms. The molecule has 1 amide bonds. The van der Waals surface area contributed by atoms with Crippen LogP contribution in [0.15, 0.2) is 30.9 Å². The third-order valence-corrected chi connectivity index (χ3v) is 11.0. The number of nitrogen functional groups attached to an aromatic ring is 1. The molecule has 5 heterocycles. The molecular weight excluding hydrogens is 672 g/mol. The van der Waals surface area contributed by atoms with Gasteiger partial charge in [0.05, 0.1) is 21.3 Å². The maximum atomic E-state index is 16.9. The van der Waals surface area contributed by atoms with E-state index >= 15 is 4.39 Å². The van der Waals surface area contributed by atoms with Crippen molar-refractivity contribution in [1.82, 2.24) is 24.8 Å². The zero-order valence-corrected chi connectivity index (χ0v) is 27.5. The number of nitrogens with zero attached hydrogens (tertiary/aromatic N) is 6. The molecule has 3 saturated heterocycles. The fourth-order valence-electron chi connectivity index (χ4n) is 7.73. The summed E-state index contributed by atoms with van der Waals surface area (Å²) in [5, 5.41) is -0.346. The topological polar surface area (TPSA) is 101 Å². The minimum atomic E-state index is -5.07. The lowest BCUT2D eigenvalue weighted by Gasteiger charge is -2.31. The average molecular weight is 706 g/mol. The highest BCUT2D eigenvalue weighted by Gasteiger charge is 2.49. The number of carbonyl (C=O) groups is 1. The number of hydrogen-bond donors (Lipinski definition) is 1. The third-order valence-electron chi connectivity index (χ3n) is 10.1. The summed E-state index contributed by atoms with van der Waals surface area (Å²) in [7, 11) is 1.60. The van der Waals surface area contributed by atoms with E-state index in [-0.39, 0.29) is 76.2 Å². The van der Waals surface area contributed by atoms with E-state index in [4.69, 9.17) is 10.5 Å². The van der Waals surface area contributed by atoms with Gasteiger partial charge in [0, 0.05) is 55.2 Å². The van der Waals surface area contributed by atoms with Gasteiger partial charge in [0.25, 0.3) is 0 Å². The number of likely N-dealkylation sites (tertiary alicyclic amines) is 1. The summed E-state index contributed by atoms with van der Waals surface area (Å²) in [5.41, 5.74) is 1.98. The van der Waals surface area contributed by atoms with Crippen LogP contribution in [-0.4, -0.2) is 87.7 Å². The first kappa shape index (κ1) is 33.3. The Bertz CT molecular complexity index is 1990. The number of hydrogen-bond acceptors (Lipinski definition) is 9. The highest BCUT2D eigenvalue weighted by atomic mass is 32.1. The molecular formula is C33H33F6N7O2S. The minimum absolute atomic E-state index is 0.00401. The van der Waals surface area contributed by atoms with Gasteiger partial charge >= 0.3 is 12.2 Å². The monoisotopic (exact) mass is 705 g/mol. The average Bonchev–Trinajstić information content (AvgIpc) is 3.81. The van der Waals surface area contributed by atoms with Crippen LogP contribution in [0.2, 0.25) is 0 Å². The number of carbonyl (C=O) groups excluding carboxylic acids is 1. The molecule has 2 N–H and O–H groups in total. The van der Waals surface area contributed by atoms with Crippen LogP contribution in [0.5, 0.6) is 6.01 Å². The normalized spacial score (nSPS) is 24.2. The minimum Gasteiger partial charge on any atom is -0.461 e. The van der Waals surface area contributed by atoms with Crippen LogP contribution in [0.4, 0.5) is 37.3 Å². The Morgan fingerprint density at radius 2 is 2.00 bits per heavy atom. The van der Waals surface area contributed by atoms with E-state index in [0.29, 0.717) is 19.4 Å². The summed E-state index contributed by atoms with van der Waals surface area (Å²) in [4.78, 5) is 30.6. The second kappa shape index (κ2) is 12.0. The zero-order valence-electron chi connectivity index (χ0n) is 26.7. The molecule has 3 fully saturated rings. The second-order valence-corrected chi connectivity index (χ2v) is 14.1. The number of fused-ring (bicyclic) bond motifs is 3. The first-order valence-corrected chi connectivity index (χ1v) is 16.7. The Balaban J connectivity index is 1.41. The van der Waals surface area contributed by atoms with Crippen LogP contribution < -0.4 is 15.4 Å². The zero-order chi connectivity index (χ0) is 35.0. The van der Waals surface area contributed by atoms with Gasteiger partial charge in [-0.1, -0.05) is 17.9 Å². The number of benzene rings is 2. The van der Waals surface area contributed by atoms with Crippen LogP contribution >= 0.6 is 11.3 Å². The largest absolute Gasteiger partial charge is 0.461 e. The fraction of sp³-hybridized carbons (Fsp3) is 0.455. The van der Waals surface area contributed by atoms with Crippen molar-refractivity contribution >= 4 is 49.3 Å². The van der Waals surface area contributed by atoms with Crippen LogP contribution in [-0.2, 0) is 11.0 Å². The molecule has 0 saturated carbocycles. The smallest absolute Gasteiger partial charge is 0.417 e. The molecule has 2 aromatic carbocycles. The van der Waals surface area contributed by atoms with Gasteiger partial charge in [0.1, 0.15) is 29.9 Å². The third kappa shape index (κ3) is 5.62. The molecule has 4 unspecified atom stereocenters. The molecule has 49 heavy (non-hydrogen) atoms. The first-order valence-electron chi connectivity index (χ1n) is 15.8. The Labute approximate surface area is 281 Å². The number of amides is 1. The number of nitrogens with two attached hydrogens (primary N) is 1. The summed E-state index contributed by atoms with van der Waals surface area (Å²) in [6.07, 6.45) is -2.72. The molecule has 260 valence electrons. The predicted octanol–water partition coefficient (Wildman–Crippen LogP) is 6.35. The quantitative estimate of drug-likeness (QED) is 0.176. The van der Waals surface area contributed by atoms with E-state index in [1.165, 1.54) is 6.08 Å². The maximum absolute atomic E-state index is 16.9. The van der Waals surface area contributed by atoms with Gasteiger partial charge in [-0.15, -0.1) is 0 Å². The standard InChI is InChI=1S/C33H33F6N7O2S/c1-4-23(47)46-14-18(10-16(46)2)44(3)29-20-11-21(33(37,38)39)24(19-6-7-22(35)28-27(19)41-30(40)49-28)25(36)26(20)42-31(43-29)48-15-32-8-5-9-45(32)13-17(34)12-32/h4,6-7,11,16-18H,1,5,8-10,12-15H2,2-3H3,(H2,40,41). The van der Waals surface area contributed by atoms with Crippen molar-refractivity contribution in [2.45, 2.75) is 62.6 Å². The number of rotatable bonds is 7. The molecule has 4 atom stereocenters. The molecule has 2 aromatic heterocycles. The number of anilines is 2. The van der Waals surface area contributed by atoms with Crippen molar-refractivity contribution in [2.75, 3.05) is 43.9 Å². The number of likely N-dealkylation sites (N-methyl/N-ethyl adjacent to an activating group) is 1. The molecule has 0 radical (unpaired) electrons. The molecule has 4 aromatic rings. The summed E-state index contributed by atoms with van der Waals surface area (Å²) in [6, 6.07) is 1.83. The van der Waals surface area contributed by atoms with E-state index in [9.17, 15) is 26.7 Å². The molecule has 0 spiro atoms. The Morgan fingerprint density at radius 3 is 2.73 bits per heavy atom. The van der Waals surface area contributed by atoms with E-state index in [1.807, 2.05) is 11.8 Å². The predicted molar refractivity (Wildman–Crippen MR) is 174 cm³/mol. The van der Waals surface area contributed by atoms with E-state index in [0.717, 1.165) is 36.0 Å². The van der Waals surface area contributed by atoms with Crippen LogP contribution in [0.25, 0.3) is 32.2 Å². The Hall–Kier alpha value is -4.18. The van der Waals surface area contributed by atoms with Crippen molar-refractivity contribution in [3.8, 4) is 17.1 Å². The van der Waals surface area contributed by atoms with Gasteiger partial charge < -0.3 is 20.3 Å². The molecule has 9 nitrogen and oxygen atoms in total. The SMILES string of the molecule is C=CC(=O)N1CC(N(C)c2nc(OCC34CCCN3CC(F)C4)nc3c(F)c(-c4ccc(F)c5sc(N)nc45)c(C(F)(F)F)cc23)CC1C. The van der Waals surface area contributed by atoms with Gasteiger partial charge in [-0.3, -0.25) is 9.69 Å². The fourth-order valence-corrected chi connectivity index (χ4v) is 8.50. The molecule has 3 aliphatic rings. The lowest BCUT2D eigenvalue weighted by Crippen LogP contribution is -2.43. The highest BCUT2D eigenvalue weighted by molar-refractivity contribution is 7.22. The van der Waals surface area contributed by atoms with E-state index in [2.05, 4.69) is 21.5 Å². The lowest BCUT2D eigenvalue weighted by atomic mass is 9.94. The van der Waals surface area contributed by atoms with Gasteiger partial charge in [-0.2, -0.15) is 23.1 Å². The summed E-state index contributed by atoms with van der Waals surface area (Å²) >= 11 is 0.734. The van der Waals surface area contributed by atoms with Gasteiger partial charge in [0.15, 0.2) is 10.9 Å². The van der Waals surface area contributed by atoms with Crippen molar-refractivity contribution in [1.29, 1.82) is 0 Å². The van der Waals surface area contributed by atoms with Crippen molar-refractivity contribution in [2.24, 2.45) is 0 Å². The number of aromatic nitrogens is 3.